The minimum atomic E-state index is -0.643. The minimum Gasteiger partial charge on any atom is -0.340 e. The molecule has 2 aliphatic heterocycles. The van der Waals surface area contributed by atoms with Gasteiger partial charge in [0.25, 0.3) is 0 Å². The summed E-state index contributed by atoms with van der Waals surface area (Å²) in [6.45, 7) is 1.98. The molecule has 3 N–H and O–H groups in total. The summed E-state index contributed by atoms with van der Waals surface area (Å²) >= 11 is 0. The van der Waals surface area contributed by atoms with Crippen molar-refractivity contribution >= 4 is 5.91 Å². The van der Waals surface area contributed by atoms with Crippen LogP contribution in [0.25, 0.3) is 0 Å². The van der Waals surface area contributed by atoms with Gasteiger partial charge >= 0.3 is 0 Å². The third kappa shape index (κ3) is 3.47. The maximum absolute atomic E-state index is 13.4. The van der Waals surface area contributed by atoms with E-state index in [9.17, 15) is 14.4 Å². The van der Waals surface area contributed by atoms with Crippen LogP contribution in [-0.4, -0.2) is 39.3 Å². The Morgan fingerprint density at radius 3 is 2.61 bits per heavy atom. The van der Waals surface area contributed by atoms with Crippen LogP contribution in [0.4, 0.5) is 4.39 Å². The highest BCUT2D eigenvalue weighted by molar-refractivity contribution is 5.82. The lowest BCUT2D eigenvalue weighted by molar-refractivity contribution is -0.132. The van der Waals surface area contributed by atoms with Crippen molar-refractivity contribution in [2.45, 2.75) is 50.1 Å². The van der Waals surface area contributed by atoms with E-state index in [4.69, 9.17) is 0 Å². The number of nitrogens with zero attached hydrogens (tertiary/aromatic N) is 4. The topological polar surface area (TPSA) is 106 Å². The second-order valence-corrected chi connectivity index (χ2v) is 8.45. The van der Waals surface area contributed by atoms with E-state index in [1.807, 2.05) is 11.9 Å². The third-order valence-corrected chi connectivity index (χ3v) is 6.82. The van der Waals surface area contributed by atoms with Crippen LogP contribution in [0.1, 0.15) is 43.1 Å². The molecule has 0 spiro atoms. The fourth-order valence-electron chi connectivity index (χ4n) is 4.97. The summed E-state index contributed by atoms with van der Waals surface area (Å²) in [6.07, 6.45) is 4.82. The molecule has 8 nitrogen and oxygen atoms in total. The number of fused-ring (bicyclic) bond motifs is 1. The molecule has 1 aromatic carbocycles. The number of benzene rings is 1. The molecule has 3 heterocycles. The van der Waals surface area contributed by atoms with Crippen LogP contribution < -0.4 is 16.1 Å². The fraction of sp³-hybridized carbons (Fsp3) is 0.455. The second kappa shape index (κ2) is 7.96. The molecule has 2 aromatic rings. The van der Waals surface area contributed by atoms with Crippen molar-refractivity contribution in [3.8, 4) is 6.07 Å². The lowest BCUT2D eigenvalue weighted by Crippen LogP contribution is -2.68. The summed E-state index contributed by atoms with van der Waals surface area (Å²) in [5.41, 5.74) is 4.09. The molecule has 7 atom stereocenters. The van der Waals surface area contributed by atoms with E-state index in [0.29, 0.717) is 0 Å². The standard InChI is InChI=1S/C22H24FN7O/c1-12(13-3-5-14(23)6-4-13)30-21-18(17(11-24)29-30)22(31)28-20(27-21)16-8-7-15(16)19-25-9-2-10-26-19/h2-6,9-10,12,15-18,20-21,27,29H,7-8H2,1H3,(H,28,31)/t12-,15+,16+,17?,18?,20?,21?/m0/s1. The second-order valence-electron chi connectivity index (χ2n) is 8.45. The predicted molar refractivity (Wildman–Crippen MR) is 109 cm³/mol. The van der Waals surface area contributed by atoms with E-state index >= 15 is 0 Å². The molecule has 2 saturated heterocycles. The number of carbonyl (C=O) groups is 1. The number of hydrazine groups is 1. The van der Waals surface area contributed by atoms with Crippen LogP contribution in [0.15, 0.2) is 42.7 Å². The normalized spacial score (nSPS) is 33.6. The number of rotatable bonds is 4. The molecule has 1 amide bonds. The van der Waals surface area contributed by atoms with Gasteiger partial charge in [0, 0.05) is 30.3 Å². The van der Waals surface area contributed by atoms with Crippen LogP contribution >= 0.6 is 0 Å². The zero-order valence-corrected chi connectivity index (χ0v) is 17.1. The van der Waals surface area contributed by atoms with E-state index in [-0.39, 0.29) is 41.9 Å². The third-order valence-electron chi connectivity index (χ3n) is 6.82. The average Bonchev–Trinajstić information content (AvgIpc) is 3.13. The Morgan fingerprint density at radius 2 is 1.97 bits per heavy atom. The van der Waals surface area contributed by atoms with Crippen LogP contribution in [0.5, 0.6) is 0 Å². The maximum atomic E-state index is 13.4. The minimum absolute atomic E-state index is 0.138. The molecule has 5 rings (SSSR count). The van der Waals surface area contributed by atoms with E-state index in [0.717, 1.165) is 24.2 Å². The van der Waals surface area contributed by atoms with E-state index in [1.165, 1.54) is 12.1 Å². The van der Waals surface area contributed by atoms with Gasteiger partial charge in [-0.2, -0.15) is 5.26 Å². The van der Waals surface area contributed by atoms with Crippen LogP contribution in [0.3, 0.4) is 0 Å². The van der Waals surface area contributed by atoms with Crippen molar-refractivity contribution in [2.75, 3.05) is 0 Å². The molecule has 1 aliphatic carbocycles. The lowest BCUT2D eigenvalue weighted by atomic mass is 9.70. The summed E-state index contributed by atoms with van der Waals surface area (Å²) in [6, 6.07) is 9.49. The van der Waals surface area contributed by atoms with Gasteiger partial charge in [-0.05, 0) is 43.5 Å². The Morgan fingerprint density at radius 1 is 1.23 bits per heavy atom. The molecule has 9 heteroatoms. The van der Waals surface area contributed by atoms with Crippen molar-refractivity contribution in [3.63, 3.8) is 0 Å². The molecule has 3 fully saturated rings. The van der Waals surface area contributed by atoms with Crippen LogP contribution in [-0.2, 0) is 4.79 Å². The highest BCUT2D eigenvalue weighted by Crippen LogP contribution is 2.44. The van der Waals surface area contributed by atoms with E-state index in [2.05, 4.69) is 32.1 Å². The predicted octanol–water partition coefficient (Wildman–Crippen LogP) is 1.57. The van der Waals surface area contributed by atoms with E-state index < -0.39 is 12.0 Å². The Bertz CT molecular complexity index is 995. The van der Waals surface area contributed by atoms with Gasteiger partial charge in [-0.3, -0.25) is 10.1 Å². The zero-order chi connectivity index (χ0) is 21.5. The van der Waals surface area contributed by atoms with Crippen molar-refractivity contribution < 1.29 is 9.18 Å². The largest absolute Gasteiger partial charge is 0.340 e. The van der Waals surface area contributed by atoms with Crippen LogP contribution in [0.2, 0.25) is 0 Å². The SMILES string of the molecule is C[C@@H](c1ccc(F)cc1)N1NC(C#N)C2C(=O)NC([C@@H]3CC[C@H]3c3ncccn3)NC21. The highest BCUT2D eigenvalue weighted by atomic mass is 19.1. The summed E-state index contributed by atoms with van der Waals surface area (Å²) < 4.78 is 13.4. The lowest BCUT2D eigenvalue weighted by Gasteiger charge is -2.47. The summed E-state index contributed by atoms with van der Waals surface area (Å²) in [5, 5.41) is 18.2. The van der Waals surface area contributed by atoms with Crippen molar-refractivity contribution in [1.82, 2.24) is 31.0 Å². The van der Waals surface area contributed by atoms with Gasteiger partial charge in [0.05, 0.1) is 24.3 Å². The van der Waals surface area contributed by atoms with Gasteiger partial charge in [0.15, 0.2) is 0 Å². The fourth-order valence-corrected chi connectivity index (χ4v) is 4.97. The number of aromatic nitrogens is 2. The maximum Gasteiger partial charge on any atom is 0.230 e. The molecule has 4 unspecified atom stereocenters. The van der Waals surface area contributed by atoms with Gasteiger partial charge in [-0.15, -0.1) is 0 Å². The monoisotopic (exact) mass is 421 g/mol. The molecule has 31 heavy (non-hydrogen) atoms. The first kappa shape index (κ1) is 20.0. The number of nitrogens with one attached hydrogen (secondary N) is 3. The van der Waals surface area contributed by atoms with Crippen molar-refractivity contribution in [1.29, 1.82) is 5.26 Å². The molecule has 0 bridgehead atoms. The Kier molecular flexibility index (Phi) is 5.14. The van der Waals surface area contributed by atoms with Gasteiger partial charge < -0.3 is 5.32 Å². The van der Waals surface area contributed by atoms with Crippen molar-refractivity contribution in [3.05, 3.63) is 59.9 Å². The first-order chi connectivity index (χ1) is 15.1. The van der Waals surface area contributed by atoms with Gasteiger partial charge in [-0.1, -0.05) is 12.1 Å². The Labute approximate surface area is 179 Å². The first-order valence-electron chi connectivity index (χ1n) is 10.6. The molecule has 160 valence electrons. The quantitative estimate of drug-likeness (QED) is 0.688. The summed E-state index contributed by atoms with van der Waals surface area (Å²) in [4.78, 5) is 21.8. The average molecular weight is 421 g/mol. The Balaban J connectivity index is 1.39. The first-order valence-corrected chi connectivity index (χ1v) is 10.6. The van der Waals surface area contributed by atoms with Gasteiger partial charge in [-0.25, -0.2) is 24.8 Å². The number of halogens is 1. The summed E-state index contributed by atoms with van der Waals surface area (Å²) in [7, 11) is 0. The molecule has 1 saturated carbocycles. The Hall–Kier alpha value is -2.93. The molecule has 0 radical (unpaired) electrons. The molecular formula is C22H24FN7O. The number of hydrogen-bond acceptors (Lipinski definition) is 7. The summed E-state index contributed by atoms with van der Waals surface area (Å²) in [5.74, 6) is 0.174. The zero-order valence-electron chi connectivity index (χ0n) is 17.1. The van der Waals surface area contributed by atoms with Crippen LogP contribution in [0, 0.1) is 29.0 Å². The van der Waals surface area contributed by atoms with Crippen molar-refractivity contribution in [2.24, 2.45) is 11.8 Å². The van der Waals surface area contributed by atoms with Gasteiger partial charge in [0.1, 0.15) is 17.7 Å². The highest BCUT2D eigenvalue weighted by Gasteiger charge is 2.54. The number of carbonyl (C=O) groups excluding carboxylic acids is 1. The molecule has 1 aromatic heterocycles. The number of amides is 1. The smallest absolute Gasteiger partial charge is 0.230 e. The number of nitriles is 1. The van der Waals surface area contributed by atoms with Gasteiger partial charge in [0.2, 0.25) is 5.91 Å². The van der Waals surface area contributed by atoms with E-state index in [1.54, 1.807) is 30.6 Å². The molecular weight excluding hydrogens is 397 g/mol. The number of hydrogen-bond donors (Lipinski definition) is 3. The molecule has 3 aliphatic rings.